The van der Waals surface area contributed by atoms with Crippen molar-refractivity contribution in [2.45, 2.75) is 160 Å². The molecule has 3 aromatic rings. The summed E-state index contributed by atoms with van der Waals surface area (Å²) in [7, 11) is 0. The summed E-state index contributed by atoms with van der Waals surface area (Å²) in [6.45, 7) is 8.68. The molecule has 0 aliphatic carbocycles. The van der Waals surface area contributed by atoms with Gasteiger partial charge in [0.05, 0.1) is 6.04 Å². The molecule has 22 heteroatoms. The zero-order valence-electron chi connectivity index (χ0n) is 44.6. The summed E-state index contributed by atoms with van der Waals surface area (Å²) in [5, 5.41) is 15.1. The standard InChI is InChI=1S/C54H82N14O8/c1-5-33(4)45(66-50(73)40(28-32(2)3)63-47(70)37(56)19-13-25-60-54(58)59)53(76)68-27-15-23-44(68)52(75)67-26-14-22-43(67)51(74)65-41(29-34-16-7-6-8-17-34)48(71)64-42(30-35-31-61-38-20-10-9-18-36(35)38)49(72)62-39(46(57)69)21-11-12-24-55/h6-10,16-18,20,31-33,37,39-45,61H,5,11-15,19,21-30,55-56H2,1-4H3,(H2,57,69)(H,62,72)(H,63,70)(H,64,71)(H,65,74)(H,66,73)(H4,58,59,60)/t33?,37-,39-,40-,41-,42-,43-,44-,45-/m0/s1. The topological polar surface area (TPSA) is 361 Å². The first-order valence-electron chi connectivity index (χ1n) is 26.8. The molecule has 2 aromatic carbocycles. The minimum absolute atomic E-state index is 0.0140. The van der Waals surface area contributed by atoms with E-state index in [-0.39, 0.29) is 76.0 Å². The number of fused-ring (bicyclic) bond motifs is 1. The van der Waals surface area contributed by atoms with E-state index < -0.39 is 95.6 Å². The highest BCUT2D eigenvalue weighted by molar-refractivity contribution is 5.98. The fourth-order valence-corrected chi connectivity index (χ4v) is 9.91. The van der Waals surface area contributed by atoms with E-state index in [9.17, 15) is 38.4 Å². The Kier molecular flexibility index (Phi) is 23.0. The zero-order chi connectivity index (χ0) is 55.5. The van der Waals surface area contributed by atoms with Gasteiger partial charge >= 0.3 is 0 Å². The lowest BCUT2D eigenvalue weighted by Gasteiger charge is -2.35. The smallest absolute Gasteiger partial charge is 0.246 e. The van der Waals surface area contributed by atoms with Crippen molar-refractivity contribution in [2.24, 2.45) is 45.5 Å². The van der Waals surface area contributed by atoms with Gasteiger partial charge in [-0.2, -0.15) is 0 Å². The molecule has 16 N–H and O–H groups in total. The van der Waals surface area contributed by atoms with Gasteiger partial charge in [-0.25, -0.2) is 0 Å². The average molecular weight is 1060 g/mol. The highest BCUT2D eigenvalue weighted by atomic mass is 16.2. The van der Waals surface area contributed by atoms with E-state index in [2.05, 4.69) is 36.6 Å². The maximum Gasteiger partial charge on any atom is 0.246 e. The minimum Gasteiger partial charge on any atom is -0.370 e. The lowest BCUT2D eigenvalue weighted by atomic mass is 9.95. The molecule has 0 saturated carbocycles. The zero-order valence-corrected chi connectivity index (χ0v) is 44.6. The third kappa shape index (κ3) is 17.0. The number of nitrogens with zero attached hydrogens (tertiary/aromatic N) is 3. The maximum atomic E-state index is 14.7. The number of nitrogens with one attached hydrogen (secondary N) is 6. The molecular formula is C54H82N14O8. The normalized spacial score (nSPS) is 18.1. The van der Waals surface area contributed by atoms with Gasteiger partial charge in [-0.15, -0.1) is 0 Å². The molecule has 2 aliphatic rings. The predicted molar refractivity (Wildman–Crippen MR) is 290 cm³/mol. The number of para-hydroxylation sites is 1. The van der Waals surface area contributed by atoms with Crippen LogP contribution in [0.3, 0.4) is 0 Å². The number of benzene rings is 2. The highest BCUT2D eigenvalue weighted by Gasteiger charge is 2.45. The van der Waals surface area contributed by atoms with E-state index in [0.29, 0.717) is 57.1 Å². The van der Waals surface area contributed by atoms with Crippen LogP contribution in [-0.2, 0) is 51.2 Å². The molecule has 9 atom stereocenters. The Labute approximate surface area is 445 Å². The second-order valence-corrected chi connectivity index (χ2v) is 20.6. The van der Waals surface area contributed by atoms with Crippen molar-refractivity contribution in [1.29, 1.82) is 0 Å². The number of rotatable bonds is 29. The molecule has 416 valence electrons. The molecule has 3 heterocycles. The number of hydrogen-bond acceptors (Lipinski definition) is 11. The molecule has 22 nitrogen and oxygen atoms in total. The second kappa shape index (κ2) is 29.3. The number of hydrogen-bond donors (Lipinski definition) is 11. The molecule has 76 heavy (non-hydrogen) atoms. The van der Waals surface area contributed by atoms with Crippen molar-refractivity contribution < 1.29 is 38.4 Å². The Morgan fingerprint density at radius 1 is 0.697 bits per heavy atom. The Morgan fingerprint density at radius 2 is 1.32 bits per heavy atom. The van der Waals surface area contributed by atoms with E-state index in [4.69, 9.17) is 28.7 Å². The Balaban J connectivity index is 1.33. The number of H-pyrrole nitrogens is 1. The molecule has 2 saturated heterocycles. The lowest BCUT2D eigenvalue weighted by Crippen LogP contribution is -2.61. The van der Waals surface area contributed by atoms with Crippen LogP contribution in [0.1, 0.15) is 109 Å². The molecule has 2 aliphatic heterocycles. The van der Waals surface area contributed by atoms with Crippen LogP contribution in [0.25, 0.3) is 10.9 Å². The summed E-state index contributed by atoms with van der Waals surface area (Å²) < 4.78 is 0. The van der Waals surface area contributed by atoms with Crippen LogP contribution >= 0.6 is 0 Å². The van der Waals surface area contributed by atoms with Gasteiger partial charge in [-0.1, -0.05) is 82.6 Å². The van der Waals surface area contributed by atoms with Crippen LogP contribution in [0.5, 0.6) is 0 Å². The van der Waals surface area contributed by atoms with Crippen molar-refractivity contribution in [3.05, 3.63) is 71.9 Å². The van der Waals surface area contributed by atoms with Gasteiger partial charge in [0.1, 0.15) is 42.3 Å². The second-order valence-electron chi connectivity index (χ2n) is 20.6. The van der Waals surface area contributed by atoms with E-state index in [1.165, 1.54) is 9.80 Å². The van der Waals surface area contributed by atoms with Gasteiger partial charge in [-0.05, 0) is 99.8 Å². The van der Waals surface area contributed by atoms with Gasteiger partial charge in [-0.3, -0.25) is 43.3 Å². The molecule has 8 amide bonds. The van der Waals surface area contributed by atoms with E-state index in [1.54, 1.807) is 18.3 Å². The number of likely N-dealkylation sites (tertiary alicyclic amines) is 2. The van der Waals surface area contributed by atoms with Gasteiger partial charge in [0.2, 0.25) is 47.3 Å². The quantitative estimate of drug-likeness (QED) is 0.0257. The Bertz CT molecular complexity index is 2480. The predicted octanol–water partition coefficient (Wildman–Crippen LogP) is 0.446. The number of primary amides is 1. The van der Waals surface area contributed by atoms with E-state index >= 15 is 0 Å². The third-order valence-corrected chi connectivity index (χ3v) is 14.3. The first-order valence-corrected chi connectivity index (χ1v) is 26.8. The van der Waals surface area contributed by atoms with Crippen molar-refractivity contribution >= 4 is 64.1 Å². The Morgan fingerprint density at radius 3 is 1.97 bits per heavy atom. The molecular weight excluding hydrogens is 973 g/mol. The van der Waals surface area contributed by atoms with Crippen molar-refractivity contribution in [3.8, 4) is 0 Å². The number of nitrogens with two attached hydrogens (primary N) is 5. The fourth-order valence-electron chi connectivity index (χ4n) is 9.91. The molecule has 1 unspecified atom stereocenters. The summed E-state index contributed by atoms with van der Waals surface area (Å²) >= 11 is 0. The largest absolute Gasteiger partial charge is 0.370 e. The van der Waals surface area contributed by atoms with Crippen molar-refractivity contribution in [3.63, 3.8) is 0 Å². The van der Waals surface area contributed by atoms with E-state index in [1.807, 2.05) is 70.2 Å². The number of aromatic nitrogens is 1. The Hall–Kier alpha value is -7.07. The van der Waals surface area contributed by atoms with Gasteiger partial charge < -0.3 is 70.0 Å². The van der Waals surface area contributed by atoms with Crippen LogP contribution in [-0.4, -0.2) is 143 Å². The van der Waals surface area contributed by atoms with Crippen LogP contribution in [0.2, 0.25) is 0 Å². The van der Waals surface area contributed by atoms with Gasteiger partial charge in [0.15, 0.2) is 5.96 Å². The molecule has 0 spiro atoms. The minimum atomic E-state index is -1.22. The number of carbonyl (C=O) groups is 8. The van der Waals surface area contributed by atoms with Crippen LogP contribution in [0.15, 0.2) is 65.8 Å². The number of amides is 8. The number of carbonyl (C=O) groups excluding carboxylic acids is 8. The van der Waals surface area contributed by atoms with Crippen LogP contribution in [0, 0.1) is 11.8 Å². The van der Waals surface area contributed by atoms with Crippen molar-refractivity contribution in [1.82, 2.24) is 41.4 Å². The molecule has 0 bridgehead atoms. The van der Waals surface area contributed by atoms with E-state index in [0.717, 1.165) is 16.5 Å². The first-order chi connectivity index (χ1) is 36.3. The number of unbranched alkanes of at least 4 members (excludes halogenated alkanes) is 1. The molecule has 5 rings (SSSR count). The fraction of sp³-hybridized carbons (Fsp3) is 0.574. The highest BCUT2D eigenvalue weighted by Crippen LogP contribution is 2.28. The number of aliphatic imine (C=N–C) groups is 1. The molecule has 2 fully saturated rings. The monoisotopic (exact) mass is 1050 g/mol. The number of guanidine groups is 1. The maximum absolute atomic E-state index is 14.7. The molecule has 0 radical (unpaired) electrons. The summed E-state index contributed by atoms with van der Waals surface area (Å²) in [4.78, 5) is 123. The molecule has 1 aromatic heterocycles. The van der Waals surface area contributed by atoms with Crippen LogP contribution in [0.4, 0.5) is 0 Å². The van der Waals surface area contributed by atoms with Gasteiger partial charge in [0, 0.05) is 49.6 Å². The lowest BCUT2D eigenvalue weighted by molar-refractivity contribution is -0.149. The number of aromatic amines is 1. The third-order valence-electron chi connectivity index (χ3n) is 14.3. The summed E-state index contributed by atoms with van der Waals surface area (Å²) in [5.74, 6) is -5.04. The van der Waals surface area contributed by atoms with Gasteiger partial charge in [0.25, 0.3) is 0 Å². The summed E-state index contributed by atoms with van der Waals surface area (Å²) in [5.41, 5.74) is 30.7. The van der Waals surface area contributed by atoms with Crippen molar-refractivity contribution in [2.75, 3.05) is 26.2 Å². The SMILES string of the molecule is CCC(C)[C@H](NC(=O)[C@H](CC(C)C)NC(=O)[C@@H](N)CCCN=C(N)N)C(=O)N1CCC[C@H]1C(=O)N1CCC[C@H]1C(=O)N[C@@H](Cc1ccccc1)C(=O)N[C@@H](Cc1c[nH]c2ccccc12)C(=O)N[C@@H](CCCCN)C(N)=O. The first kappa shape index (κ1) is 59.8. The van der Waals surface area contributed by atoms with Crippen LogP contribution < -0.4 is 55.3 Å². The average Bonchev–Trinajstić information content (AvgIpc) is 4.19. The summed E-state index contributed by atoms with van der Waals surface area (Å²) in [6, 6.07) is 8.19. The summed E-state index contributed by atoms with van der Waals surface area (Å²) in [6.07, 6.45) is 6.29.